The van der Waals surface area contributed by atoms with Crippen LogP contribution in [0.5, 0.6) is 0 Å². The average Bonchev–Trinajstić information content (AvgIpc) is 2.06. The standard InChI is InChI=1S/C8H14N2O/c1-7(9-2)5-6-8(10-3)11-4/h5-6,9H,3H2,1-2,4H3/b7-5-,8-6+. The molecule has 0 aromatic heterocycles. The second-order valence-electron chi connectivity index (χ2n) is 1.97. The molecule has 0 spiro atoms. The van der Waals surface area contributed by atoms with Gasteiger partial charge in [-0.3, -0.25) is 0 Å². The van der Waals surface area contributed by atoms with Gasteiger partial charge >= 0.3 is 0 Å². The highest BCUT2D eigenvalue weighted by Crippen LogP contribution is 1.97. The molecular formula is C8H14N2O. The van der Waals surface area contributed by atoms with Gasteiger partial charge in [0.2, 0.25) is 5.88 Å². The van der Waals surface area contributed by atoms with Crippen LogP contribution in [-0.4, -0.2) is 20.9 Å². The summed E-state index contributed by atoms with van der Waals surface area (Å²) in [6, 6.07) is 0. The van der Waals surface area contributed by atoms with Crippen LogP contribution in [0, 0.1) is 0 Å². The lowest BCUT2D eigenvalue weighted by Gasteiger charge is -1.97. The minimum atomic E-state index is 0.514. The van der Waals surface area contributed by atoms with E-state index in [2.05, 4.69) is 17.0 Å². The molecule has 0 aliphatic heterocycles. The molecule has 0 heterocycles. The minimum Gasteiger partial charge on any atom is -0.481 e. The van der Waals surface area contributed by atoms with Crippen LogP contribution >= 0.6 is 0 Å². The van der Waals surface area contributed by atoms with Crippen LogP contribution in [0.4, 0.5) is 0 Å². The Balaban J connectivity index is 4.17. The van der Waals surface area contributed by atoms with Crippen LogP contribution in [0.25, 0.3) is 0 Å². The van der Waals surface area contributed by atoms with Gasteiger partial charge in [0.1, 0.15) is 0 Å². The highest BCUT2D eigenvalue weighted by Gasteiger charge is 1.85. The monoisotopic (exact) mass is 154 g/mol. The quantitative estimate of drug-likeness (QED) is 0.376. The highest BCUT2D eigenvalue weighted by atomic mass is 16.5. The first-order chi connectivity index (χ1) is 5.24. The van der Waals surface area contributed by atoms with E-state index in [-0.39, 0.29) is 0 Å². The maximum absolute atomic E-state index is 4.85. The molecule has 11 heavy (non-hydrogen) atoms. The third-order valence-corrected chi connectivity index (χ3v) is 1.24. The Morgan fingerprint density at radius 2 is 2.18 bits per heavy atom. The summed E-state index contributed by atoms with van der Waals surface area (Å²) in [6.07, 6.45) is 3.62. The first kappa shape index (κ1) is 9.75. The van der Waals surface area contributed by atoms with Crippen molar-refractivity contribution in [3.8, 4) is 0 Å². The van der Waals surface area contributed by atoms with Crippen molar-refractivity contribution >= 4 is 6.72 Å². The molecule has 0 radical (unpaired) electrons. The first-order valence-electron chi connectivity index (χ1n) is 3.31. The molecule has 0 amide bonds. The Bertz CT molecular complexity index is 183. The Labute approximate surface area is 67.5 Å². The van der Waals surface area contributed by atoms with Gasteiger partial charge in [-0.25, -0.2) is 4.99 Å². The Morgan fingerprint density at radius 1 is 1.55 bits per heavy atom. The van der Waals surface area contributed by atoms with Gasteiger partial charge in [-0.2, -0.15) is 0 Å². The van der Waals surface area contributed by atoms with Gasteiger partial charge in [-0.15, -0.1) is 0 Å². The van der Waals surface area contributed by atoms with Crippen LogP contribution in [0.3, 0.4) is 0 Å². The lowest BCUT2D eigenvalue weighted by molar-refractivity contribution is 0.289. The molecule has 0 atom stereocenters. The van der Waals surface area contributed by atoms with Gasteiger partial charge in [0, 0.05) is 18.8 Å². The van der Waals surface area contributed by atoms with E-state index in [1.54, 1.807) is 13.2 Å². The molecule has 0 aliphatic rings. The largest absolute Gasteiger partial charge is 0.481 e. The molecule has 0 rings (SSSR count). The number of aliphatic imine (C=N–C) groups is 1. The van der Waals surface area contributed by atoms with Crippen LogP contribution in [0.15, 0.2) is 28.7 Å². The zero-order valence-corrected chi connectivity index (χ0v) is 7.22. The number of allylic oxidation sites excluding steroid dienone is 3. The molecule has 0 aromatic carbocycles. The number of hydrogen-bond acceptors (Lipinski definition) is 3. The Morgan fingerprint density at radius 3 is 2.55 bits per heavy atom. The zero-order chi connectivity index (χ0) is 8.69. The zero-order valence-electron chi connectivity index (χ0n) is 7.22. The van der Waals surface area contributed by atoms with E-state index in [1.165, 1.54) is 0 Å². The molecule has 3 nitrogen and oxygen atoms in total. The van der Waals surface area contributed by atoms with Crippen LogP contribution in [0.1, 0.15) is 6.92 Å². The minimum absolute atomic E-state index is 0.514. The third-order valence-electron chi connectivity index (χ3n) is 1.24. The molecule has 0 saturated carbocycles. The van der Waals surface area contributed by atoms with Crippen molar-refractivity contribution in [3.63, 3.8) is 0 Å². The second kappa shape index (κ2) is 5.53. The SMILES string of the molecule is C=N/C(=C\C=C(\C)NC)OC. The van der Waals surface area contributed by atoms with Gasteiger partial charge in [-0.1, -0.05) is 0 Å². The van der Waals surface area contributed by atoms with Crippen LogP contribution in [-0.2, 0) is 4.74 Å². The second-order valence-corrected chi connectivity index (χ2v) is 1.97. The maximum Gasteiger partial charge on any atom is 0.212 e. The summed E-state index contributed by atoms with van der Waals surface area (Å²) >= 11 is 0. The highest BCUT2D eigenvalue weighted by molar-refractivity contribution is 5.28. The summed E-state index contributed by atoms with van der Waals surface area (Å²) in [5.41, 5.74) is 1.04. The molecule has 3 heteroatoms. The predicted octanol–water partition coefficient (Wildman–Crippen LogP) is 1.30. The average molecular weight is 154 g/mol. The number of nitrogens with one attached hydrogen (secondary N) is 1. The van der Waals surface area contributed by atoms with Crippen molar-refractivity contribution in [1.82, 2.24) is 5.32 Å². The molecule has 0 unspecified atom stereocenters. The number of rotatable bonds is 4. The van der Waals surface area contributed by atoms with Crippen molar-refractivity contribution in [1.29, 1.82) is 0 Å². The van der Waals surface area contributed by atoms with E-state index in [4.69, 9.17) is 4.74 Å². The Hall–Kier alpha value is -1.25. The van der Waals surface area contributed by atoms with Crippen molar-refractivity contribution in [2.45, 2.75) is 6.92 Å². The van der Waals surface area contributed by atoms with Crippen molar-refractivity contribution < 1.29 is 4.74 Å². The lowest BCUT2D eigenvalue weighted by atomic mass is 10.4. The summed E-state index contributed by atoms with van der Waals surface area (Å²) in [7, 11) is 3.41. The topological polar surface area (TPSA) is 33.6 Å². The van der Waals surface area contributed by atoms with E-state index >= 15 is 0 Å². The number of ether oxygens (including phenoxy) is 1. The summed E-state index contributed by atoms with van der Waals surface area (Å²) in [5, 5.41) is 2.97. The molecule has 0 aliphatic carbocycles. The van der Waals surface area contributed by atoms with E-state index in [1.807, 2.05) is 20.0 Å². The molecule has 0 saturated heterocycles. The van der Waals surface area contributed by atoms with Gasteiger partial charge in [0.25, 0.3) is 0 Å². The van der Waals surface area contributed by atoms with Crippen molar-refractivity contribution in [3.05, 3.63) is 23.7 Å². The number of methoxy groups -OCH3 is 1. The summed E-state index contributed by atoms with van der Waals surface area (Å²) in [4.78, 5) is 3.63. The molecule has 0 aromatic rings. The van der Waals surface area contributed by atoms with E-state index in [0.717, 1.165) is 5.70 Å². The molecule has 1 N–H and O–H groups in total. The predicted molar refractivity (Wildman–Crippen MR) is 47.5 cm³/mol. The fraction of sp³-hybridized carbons (Fsp3) is 0.375. The molecule has 62 valence electrons. The fourth-order valence-corrected chi connectivity index (χ4v) is 0.465. The van der Waals surface area contributed by atoms with Crippen molar-refractivity contribution in [2.24, 2.45) is 4.99 Å². The summed E-state index contributed by atoms with van der Waals surface area (Å²) < 4.78 is 4.85. The van der Waals surface area contributed by atoms with Gasteiger partial charge < -0.3 is 10.1 Å². The number of nitrogens with zero attached hydrogens (tertiary/aromatic N) is 1. The van der Waals surface area contributed by atoms with Gasteiger partial charge in [0.15, 0.2) is 0 Å². The summed E-state index contributed by atoms with van der Waals surface area (Å²) in [6.45, 7) is 5.29. The smallest absolute Gasteiger partial charge is 0.212 e. The lowest BCUT2D eigenvalue weighted by Crippen LogP contribution is -2.00. The van der Waals surface area contributed by atoms with Crippen molar-refractivity contribution in [2.75, 3.05) is 14.2 Å². The van der Waals surface area contributed by atoms with E-state index in [9.17, 15) is 0 Å². The van der Waals surface area contributed by atoms with Gasteiger partial charge in [0.05, 0.1) is 7.11 Å². The van der Waals surface area contributed by atoms with Gasteiger partial charge in [-0.05, 0) is 19.7 Å². The van der Waals surface area contributed by atoms with Crippen LogP contribution < -0.4 is 5.32 Å². The normalized spacial score (nSPS) is 12.6. The van der Waals surface area contributed by atoms with E-state index in [0.29, 0.717) is 5.88 Å². The molecular weight excluding hydrogens is 140 g/mol. The maximum atomic E-state index is 4.85. The third kappa shape index (κ3) is 4.19. The molecule has 0 bridgehead atoms. The van der Waals surface area contributed by atoms with Crippen LogP contribution in [0.2, 0.25) is 0 Å². The Kier molecular flexibility index (Phi) is 4.90. The first-order valence-corrected chi connectivity index (χ1v) is 3.31. The fourth-order valence-electron chi connectivity index (χ4n) is 0.465. The summed E-state index contributed by atoms with van der Waals surface area (Å²) in [5.74, 6) is 0.514. The molecule has 0 fully saturated rings. The number of hydrogen-bond donors (Lipinski definition) is 1. The van der Waals surface area contributed by atoms with E-state index < -0.39 is 0 Å².